The summed E-state index contributed by atoms with van der Waals surface area (Å²) in [6, 6.07) is 10.6. The van der Waals surface area contributed by atoms with Crippen LogP contribution in [0.15, 0.2) is 41.2 Å². The van der Waals surface area contributed by atoms with Crippen LogP contribution in [0.1, 0.15) is 17.3 Å². The second-order valence-corrected chi connectivity index (χ2v) is 4.08. The van der Waals surface area contributed by atoms with E-state index in [1.54, 1.807) is 0 Å². The molecule has 0 saturated heterocycles. The minimum absolute atomic E-state index is 0.0524. The standard InChI is InChI=1S/C14H14N2O3/c1-10(17)12-8-13(18)16(9-19-2)15-14(12)11-6-4-3-5-7-11/h3-8H,9H2,1-2H3. The zero-order valence-electron chi connectivity index (χ0n) is 10.8. The summed E-state index contributed by atoms with van der Waals surface area (Å²) >= 11 is 0. The largest absolute Gasteiger partial charge is 0.362 e. The van der Waals surface area contributed by atoms with Gasteiger partial charge in [0, 0.05) is 18.7 Å². The maximum Gasteiger partial charge on any atom is 0.269 e. The lowest BCUT2D eigenvalue weighted by molar-refractivity contribution is 0.101. The van der Waals surface area contributed by atoms with Gasteiger partial charge in [0.2, 0.25) is 0 Å². The van der Waals surface area contributed by atoms with Crippen LogP contribution in [0.4, 0.5) is 0 Å². The molecule has 5 nitrogen and oxygen atoms in total. The molecule has 2 aromatic rings. The summed E-state index contributed by atoms with van der Waals surface area (Å²) in [5.41, 5.74) is 1.25. The van der Waals surface area contributed by atoms with E-state index >= 15 is 0 Å². The zero-order chi connectivity index (χ0) is 13.8. The lowest BCUT2D eigenvalue weighted by Crippen LogP contribution is -2.25. The minimum Gasteiger partial charge on any atom is -0.362 e. The number of nitrogens with zero attached hydrogens (tertiary/aromatic N) is 2. The highest BCUT2D eigenvalue weighted by atomic mass is 16.5. The summed E-state index contributed by atoms with van der Waals surface area (Å²) in [5.74, 6) is -0.187. The number of carbonyl (C=O) groups is 1. The van der Waals surface area contributed by atoms with E-state index in [0.717, 1.165) is 5.56 Å². The van der Waals surface area contributed by atoms with Crippen molar-refractivity contribution in [2.75, 3.05) is 7.11 Å². The number of benzene rings is 1. The smallest absolute Gasteiger partial charge is 0.269 e. The average Bonchev–Trinajstić information content (AvgIpc) is 2.41. The van der Waals surface area contributed by atoms with Crippen molar-refractivity contribution in [2.45, 2.75) is 13.7 Å². The fraction of sp³-hybridized carbons (Fsp3) is 0.214. The van der Waals surface area contributed by atoms with Crippen LogP contribution in [0.3, 0.4) is 0 Å². The Kier molecular flexibility index (Phi) is 3.87. The van der Waals surface area contributed by atoms with Crippen molar-refractivity contribution in [1.82, 2.24) is 9.78 Å². The Balaban J connectivity index is 2.66. The molecule has 0 aliphatic rings. The molecule has 1 heterocycles. The highest BCUT2D eigenvalue weighted by molar-refractivity contribution is 5.99. The fourth-order valence-corrected chi connectivity index (χ4v) is 1.78. The number of ether oxygens (including phenoxy) is 1. The summed E-state index contributed by atoms with van der Waals surface area (Å²) in [5, 5.41) is 4.21. The van der Waals surface area contributed by atoms with E-state index in [9.17, 15) is 9.59 Å². The molecule has 1 aromatic carbocycles. The molecule has 1 aromatic heterocycles. The van der Waals surface area contributed by atoms with E-state index in [4.69, 9.17) is 4.74 Å². The number of hydrogen-bond donors (Lipinski definition) is 0. The van der Waals surface area contributed by atoms with Crippen LogP contribution in [0.5, 0.6) is 0 Å². The van der Waals surface area contributed by atoms with Crippen LogP contribution in [0.2, 0.25) is 0 Å². The summed E-state index contributed by atoms with van der Waals surface area (Å²) in [6.45, 7) is 1.47. The van der Waals surface area contributed by atoms with E-state index in [1.165, 1.54) is 24.8 Å². The number of Topliss-reactive ketones (excluding diaryl/α,β-unsaturated/α-hetero) is 1. The van der Waals surface area contributed by atoms with Gasteiger partial charge in [-0.1, -0.05) is 30.3 Å². The van der Waals surface area contributed by atoms with Crippen molar-refractivity contribution in [3.8, 4) is 11.3 Å². The average molecular weight is 258 g/mol. The van der Waals surface area contributed by atoms with Crippen LogP contribution >= 0.6 is 0 Å². The molecular weight excluding hydrogens is 244 g/mol. The van der Waals surface area contributed by atoms with Crippen molar-refractivity contribution in [3.63, 3.8) is 0 Å². The first-order chi connectivity index (χ1) is 9.13. The molecule has 5 heteroatoms. The van der Waals surface area contributed by atoms with Gasteiger partial charge in [0.15, 0.2) is 5.78 Å². The van der Waals surface area contributed by atoms with Gasteiger partial charge in [-0.05, 0) is 6.92 Å². The van der Waals surface area contributed by atoms with Crippen LogP contribution < -0.4 is 5.56 Å². The second kappa shape index (κ2) is 5.58. The third kappa shape index (κ3) is 2.77. The summed E-state index contributed by atoms with van der Waals surface area (Å²) in [4.78, 5) is 23.4. The van der Waals surface area contributed by atoms with Crippen LogP contribution in [-0.2, 0) is 11.5 Å². The predicted octanol–water partition coefficient (Wildman–Crippen LogP) is 1.72. The summed E-state index contributed by atoms with van der Waals surface area (Å²) in [6.07, 6.45) is 0. The molecular formula is C14H14N2O3. The van der Waals surface area contributed by atoms with Crippen LogP contribution in [0.25, 0.3) is 11.3 Å². The second-order valence-electron chi connectivity index (χ2n) is 4.08. The van der Waals surface area contributed by atoms with E-state index in [2.05, 4.69) is 5.10 Å². The Morgan fingerprint density at radius 2 is 2.00 bits per heavy atom. The quantitative estimate of drug-likeness (QED) is 0.783. The van der Waals surface area contributed by atoms with Gasteiger partial charge in [0.05, 0.1) is 5.56 Å². The van der Waals surface area contributed by atoms with Gasteiger partial charge in [-0.2, -0.15) is 5.10 Å². The molecule has 0 radical (unpaired) electrons. The van der Waals surface area contributed by atoms with Crippen LogP contribution in [0, 0.1) is 0 Å². The Bertz CT molecular complexity index is 647. The van der Waals surface area contributed by atoms with Crippen molar-refractivity contribution in [3.05, 3.63) is 52.3 Å². The Labute approximate surface area is 110 Å². The number of rotatable bonds is 4. The third-order valence-electron chi connectivity index (χ3n) is 2.68. The predicted molar refractivity (Wildman–Crippen MR) is 70.9 cm³/mol. The van der Waals surface area contributed by atoms with Crippen molar-refractivity contribution < 1.29 is 9.53 Å². The number of ketones is 1. The minimum atomic E-state index is -0.355. The summed E-state index contributed by atoms with van der Waals surface area (Å²) in [7, 11) is 1.48. The first-order valence-electron chi connectivity index (χ1n) is 5.81. The SMILES string of the molecule is COCn1nc(-c2ccccc2)c(C(C)=O)cc1=O. The third-order valence-corrected chi connectivity index (χ3v) is 2.68. The highest BCUT2D eigenvalue weighted by Gasteiger charge is 2.14. The molecule has 0 N–H and O–H groups in total. The van der Waals surface area contributed by atoms with Gasteiger partial charge in [-0.3, -0.25) is 9.59 Å². The highest BCUT2D eigenvalue weighted by Crippen LogP contribution is 2.19. The van der Waals surface area contributed by atoms with Crippen molar-refractivity contribution in [2.24, 2.45) is 0 Å². The molecule has 19 heavy (non-hydrogen) atoms. The number of hydrogen-bond acceptors (Lipinski definition) is 4. The number of aromatic nitrogens is 2. The first kappa shape index (κ1) is 13.2. The van der Waals surface area contributed by atoms with Gasteiger partial charge < -0.3 is 4.74 Å². The van der Waals surface area contributed by atoms with Gasteiger partial charge >= 0.3 is 0 Å². The molecule has 0 atom stereocenters. The lowest BCUT2D eigenvalue weighted by Gasteiger charge is -2.09. The summed E-state index contributed by atoms with van der Waals surface area (Å²) < 4.78 is 6.10. The van der Waals surface area contributed by atoms with Gasteiger partial charge in [0.1, 0.15) is 12.4 Å². The van der Waals surface area contributed by atoms with E-state index in [1.807, 2.05) is 30.3 Å². The topological polar surface area (TPSA) is 61.2 Å². The van der Waals surface area contributed by atoms with E-state index in [0.29, 0.717) is 11.3 Å². The van der Waals surface area contributed by atoms with E-state index in [-0.39, 0.29) is 18.1 Å². The maximum atomic E-state index is 11.8. The Hall–Kier alpha value is -2.27. The molecule has 0 spiro atoms. The molecule has 0 aliphatic heterocycles. The van der Waals surface area contributed by atoms with Crippen LogP contribution in [-0.4, -0.2) is 22.7 Å². The molecule has 2 rings (SSSR count). The van der Waals surface area contributed by atoms with Gasteiger partial charge in [-0.25, -0.2) is 4.68 Å². The molecule has 0 saturated carbocycles. The fourth-order valence-electron chi connectivity index (χ4n) is 1.78. The molecule has 0 amide bonds. The van der Waals surface area contributed by atoms with E-state index < -0.39 is 0 Å². The first-order valence-corrected chi connectivity index (χ1v) is 5.81. The van der Waals surface area contributed by atoms with Crippen molar-refractivity contribution >= 4 is 5.78 Å². The molecule has 0 unspecified atom stereocenters. The maximum absolute atomic E-state index is 11.8. The zero-order valence-corrected chi connectivity index (χ0v) is 10.8. The normalized spacial score (nSPS) is 10.4. The lowest BCUT2D eigenvalue weighted by atomic mass is 10.0. The Morgan fingerprint density at radius 3 is 2.58 bits per heavy atom. The molecule has 0 aliphatic carbocycles. The molecule has 0 bridgehead atoms. The van der Waals surface area contributed by atoms with Crippen molar-refractivity contribution in [1.29, 1.82) is 0 Å². The molecule has 98 valence electrons. The molecule has 0 fully saturated rings. The monoisotopic (exact) mass is 258 g/mol. The van der Waals surface area contributed by atoms with Gasteiger partial charge in [0.25, 0.3) is 5.56 Å². The Morgan fingerprint density at radius 1 is 1.32 bits per heavy atom. The van der Waals surface area contributed by atoms with Gasteiger partial charge in [-0.15, -0.1) is 0 Å². The number of methoxy groups -OCH3 is 1. The number of carbonyl (C=O) groups excluding carboxylic acids is 1.